The lowest BCUT2D eigenvalue weighted by Gasteiger charge is -2.11. The SMILES string of the molecule is Cc1ccc(S(=O)(=O)O)c(CO)c1S(=O)(=O)O. The van der Waals surface area contributed by atoms with Gasteiger partial charge >= 0.3 is 0 Å². The quantitative estimate of drug-likeness (QED) is 0.664. The summed E-state index contributed by atoms with van der Waals surface area (Å²) < 4.78 is 61.9. The van der Waals surface area contributed by atoms with Gasteiger partial charge in [0.15, 0.2) is 0 Å². The Hall–Kier alpha value is -1.00. The van der Waals surface area contributed by atoms with Crippen LogP contribution in [0.1, 0.15) is 11.1 Å². The van der Waals surface area contributed by atoms with Gasteiger partial charge in [0.25, 0.3) is 20.2 Å². The van der Waals surface area contributed by atoms with Gasteiger partial charge in [0.2, 0.25) is 0 Å². The zero-order valence-corrected chi connectivity index (χ0v) is 10.3. The molecule has 0 spiro atoms. The summed E-state index contributed by atoms with van der Waals surface area (Å²) in [6, 6.07) is 2.05. The summed E-state index contributed by atoms with van der Waals surface area (Å²) in [4.78, 5) is -1.46. The maximum Gasteiger partial charge on any atom is 0.295 e. The monoisotopic (exact) mass is 282 g/mol. The number of benzene rings is 1. The second kappa shape index (κ2) is 4.35. The van der Waals surface area contributed by atoms with Crippen molar-refractivity contribution in [2.24, 2.45) is 0 Å². The summed E-state index contributed by atoms with van der Waals surface area (Å²) in [5.74, 6) is 0. The van der Waals surface area contributed by atoms with Crippen molar-refractivity contribution in [3.05, 3.63) is 23.3 Å². The zero-order valence-electron chi connectivity index (χ0n) is 8.65. The lowest BCUT2D eigenvalue weighted by atomic mass is 10.1. The van der Waals surface area contributed by atoms with E-state index in [0.29, 0.717) is 0 Å². The summed E-state index contributed by atoms with van der Waals surface area (Å²) >= 11 is 0. The van der Waals surface area contributed by atoms with Crippen molar-refractivity contribution < 1.29 is 31.0 Å². The van der Waals surface area contributed by atoms with Crippen molar-refractivity contribution in [1.82, 2.24) is 0 Å². The molecule has 0 saturated carbocycles. The Bertz CT molecular complexity index is 643. The Morgan fingerprint density at radius 1 is 1.06 bits per heavy atom. The molecule has 0 amide bonds. The number of aliphatic hydroxyl groups excluding tert-OH is 1. The van der Waals surface area contributed by atoms with E-state index in [0.717, 1.165) is 12.1 Å². The lowest BCUT2D eigenvalue weighted by Crippen LogP contribution is -2.11. The molecule has 7 nitrogen and oxygen atoms in total. The summed E-state index contributed by atoms with van der Waals surface area (Å²) in [6.07, 6.45) is 0. The predicted molar refractivity (Wildman–Crippen MR) is 56.7 cm³/mol. The van der Waals surface area contributed by atoms with Gasteiger partial charge < -0.3 is 5.11 Å². The van der Waals surface area contributed by atoms with Crippen LogP contribution >= 0.6 is 0 Å². The van der Waals surface area contributed by atoms with Crippen LogP contribution in [0.15, 0.2) is 21.9 Å². The van der Waals surface area contributed by atoms with E-state index in [4.69, 9.17) is 14.2 Å². The summed E-state index contributed by atoms with van der Waals surface area (Å²) in [5, 5.41) is 9.00. The van der Waals surface area contributed by atoms with Crippen LogP contribution < -0.4 is 0 Å². The van der Waals surface area contributed by atoms with Crippen molar-refractivity contribution in [1.29, 1.82) is 0 Å². The van der Waals surface area contributed by atoms with Crippen LogP contribution in [0.25, 0.3) is 0 Å². The van der Waals surface area contributed by atoms with Gasteiger partial charge in [-0.1, -0.05) is 6.07 Å². The molecule has 0 aliphatic rings. The normalized spacial score (nSPS) is 12.7. The van der Waals surface area contributed by atoms with Crippen LogP contribution in [0, 0.1) is 6.92 Å². The third kappa shape index (κ3) is 2.82. The van der Waals surface area contributed by atoms with Gasteiger partial charge in [-0.2, -0.15) is 16.8 Å². The van der Waals surface area contributed by atoms with Gasteiger partial charge in [0, 0.05) is 5.56 Å². The molecule has 0 heterocycles. The topological polar surface area (TPSA) is 129 Å². The lowest BCUT2D eigenvalue weighted by molar-refractivity contribution is 0.273. The van der Waals surface area contributed by atoms with E-state index >= 15 is 0 Å². The molecule has 0 atom stereocenters. The largest absolute Gasteiger partial charge is 0.392 e. The van der Waals surface area contributed by atoms with Crippen LogP contribution in [0.5, 0.6) is 0 Å². The van der Waals surface area contributed by atoms with Crippen LogP contribution in [0.4, 0.5) is 0 Å². The summed E-state index contributed by atoms with van der Waals surface area (Å²) in [7, 11) is -9.38. The first-order valence-corrected chi connectivity index (χ1v) is 7.15. The fourth-order valence-electron chi connectivity index (χ4n) is 1.48. The molecule has 1 aromatic carbocycles. The molecule has 96 valence electrons. The molecule has 0 radical (unpaired) electrons. The average molecular weight is 282 g/mol. The Morgan fingerprint density at radius 2 is 1.59 bits per heavy atom. The molecule has 0 fully saturated rings. The Morgan fingerprint density at radius 3 is 1.94 bits per heavy atom. The highest BCUT2D eigenvalue weighted by atomic mass is 32.2. The van der Waals surface area contributed by atoms with E-state index in [9.17, 15) is 16.8 Å². The smallest absolute Gasteiger partial charge is 0.295 e. The first-order valence-electron chi connectivity index (χ1n) is 4.27. The van der Waals surface area contributed by atoms with Crippen LogP contribution in [-0.2, 0) is 26.8 Å². The van der Waals surface area contributed by atoms with Crippen LogP contribution in [0.3, 0.4) is 0 Å². The van der Waals surface area contributed by atoms with E-state index in [1.807, 2.05) is 0 Å². The van der Waals surface area contributed by atoms with Crippen molar-refractivity contribution in [3.63, 3.8) is 0 Å². The van der Waals surface area contributed by atoms with E-state index in [1.165, 1.54) is 6.92 Å². The molecule has 0 aliphatic heterocycles. The standard InChI is InChI=1S/C8H10O7S2/c1-5-2-3-7(16(10,11)12)6(4-9)8(5)17(13,14)15/h2-3,9H,4H2,1H3,(H,10,11,12)(H,13,14,15). The van der Waals surface area contributed by atoms with Gasteiger partial charge in [0.1, 0.15) is 9.79 Å². The molecule has 1 aromatic rings. The van der Waals surface area contributed by atoms with E-state index in [1.54, 1.807) is 0 Å². The second-order valence-electron chi connectivity index (χ2n) is 3.30. The highest BCUT2D eigenvalue weighted by Gasteiger charge is 2.25. The molecule has 9 heteroatoms. The summed E-state index contributed by atoms with van der Waals surface area (Å²) in [5.41, 5.74) is -0.501. The molecular formula is C8H10O7S2. The molecular weight excluding hydrogens is 272 g/mol. The third-order valence-corrected chi connectivity index (χ3v) is 4.13. The fraction of sp³-hybridized carbons (Fsp3) is 0.250. The zero-order chi connectivity index (χ0) is 13.4. The average Bonchev–Trinajstić information content (AvgIpc) is 2.12. The molecule has 0 saturated heterocycles. The van der Waals surface area contributed by atoms with Crippen molar-refractivity contribution in [3.8, 4) is 0 Å². The van der Waals surface area contributed by atoms with E-state index < -0.39 is 42.2 Å². The highest BCUT2D eigenvalue weighted by Crippen LogP contribution is 2.26. The molecule has 0 aromatic heterocycles. The van der Waals surface area contributed by atoms with Crippen molar-refractivity contribution >= 4 is 20.2 Å². The second-order valence-corrected chi connectivity index (χ2v) is 6.04. The van der Waals surface area contributed by atoms with E-state index in [-0.39, 0.29) is 5.56 Å². The highest BCUT2D eigenvalue weighted by molar-refractivity contribution is 7.86. The molecule has 1 rings (SSSR count). The van der Waals surface area contributed by atoms with Gasteiger partial charge in [-0.15, -0.1) is 0 Å². The van der Waals surface area contributed by atoms with Gasteiger partial charge in [-0.3, -0.25) is 9.11 Å². The van der Waals surface area contributed by atoms with Crippen molar-refractivity contribution in [2.75, 3.05) is 0 Å². The third-order valence-electron chi connectivity index (χ3n) is 2.11. The molecule has 0 bridgehead atoms. The van der Waals surface area contributed by atoms with Crippen LogP contribution in [0.2, 0.25) is 0 Å². The van der Waals surface area contributed by atoms with Gasteiger partial charge in [-0.05, 0) is 18.6 Å². The number of hydrogen-bond donors (Lipinski definition) is 3. The van der Waals surface area contributed by atoms with Gasteiger partial charge in [-0.25, -0.2) is 0 Å². The maximum absolute atomic E-state index is 11.1. The summed E-state index contributed by atoms with van der Waals surface area (Å²) in [6.45, 7) is 0.363. The minimum atomic E-state index is -4.69. The number of aliphatic hydroxyl groups is 1. The van der Waals surface area contributed by atoms with Crippen LogP contribution in [-0.4, -0.2) is 31.0 Å². The van der Waals surface area contributed by atoms with Gasteiger partial charge in [0.05, 0.1) is 6.61 Å². The number of aryl methyl sites for hydroxylation is 1. The molecule has 17 heavy (non-hydrogen) atoms. The number of rotatable bonds is 3. The number of hydrogen-bond acceptors (Lipinski definition) is 5. The minimum Gasteiger partial charge on any atom is -0.392 e. The first kappa shape index (κ1) is 14.1. The Balaban J connectivity index is 3.85. The Labute approximate surface area is 98.2 Å². The van der Waals surface area contributed by atoms with E-state index in [2.05, 4.69) is 0 Å². The maximum atomic E-state index is 11.1. The first-order chi connectivity index (χ1) is 7.59. The molecule has 3 N–H and O–H groups in total. The minimum absolute atomic E-state index is 0.0592. The Kier molecular flexibility index (Phi) is 3.60. The molecule has 0 unspecified atom stereocenters. The predicted octanol–water partition coefficient (Wildman–Crippen LogP) is -0.0193. The van der Waals surface area contributed by atoms with Crippen molar-refractivity contribution in [2.45, 2.75) is 23.3 Å². The fourth-order valence-corrected chi connectivity index (χ4v) is 3.22. The molecule has 0 aliphatic carbocycles.